The minimum absolute atomic E-state index is 0.347. The lowest BCUT2D eigenvalue weighted by Crippen LogP contribution is -2.31. The summed E-state index contributed by atoms with van der Waals surface area (Å²) in [6, 6.07) is 8.58. The molecule has 1 amide bonds. The van der Waals surface area contributed by atoms with Crippen LogP contribution in [0.4, 0.5) is 13.2 Å². The number of likely N-dealkylation sites (N-methyl/N-ethyl adjacent to an activating group) is 1. The third-order valence-corrected chi connectivity index (χ3v) is 4.60. The molecule has 23 heavy (non-hydrogen) atoms. The third kappa shape index (κ3) is 4.97. The minimum atomic E-state index is -4.52. The fourth-order valence-corrected chi connectivity index (χ4v) is 3.37. The summed E-state index contributed by atoms with van der Waals surface area (Å²) in [5.41, 5.74) is -0.891. The van der Waals surface area contributed by atoms with Crippen LogP contribution in [0.25, 0.3) is 0 Å². The predicted octanol–water partition coefficient (Wildman–Crippen LogP) is 4.57. The molecule has 0 unspecified atom stereocenters. The van der Waals surface area contributed by atoms with Gasteiger partial charge in [0.2, 0.25) is 0 Å². The van der Waals surface area contributed by atoms with E-state index < -0.39 is 24.3 Å². The maximum absolute atomic E-state index is 12.8. The second-order valence-corrected chi connectivity index (χ2v) is 7.29. The molecule has 0 aliphatic carbocycles. The summed E-state index contributed by atoms with van der Waals surface area (Å²) in [6.45, 7) is -0.0739. The van der Waals surface area contributed by atoms with Crippen LogP contribution in [0, 0.1) is 0 Å². The van der Waals surface area contributed by atoms with Crippen molar-refractivity contribution >= 4 is 33.2 Å². The maximum atomic E-state index is 12.8. The van der Waals surface area contributed by atoms with Gasteiger partial charge in [-0.25, -0.2) is 0 Å². The van der Waals surface area contributed by atoms with E-state index in [-0.39, 0.29) is 5.75 Å². The number of carbonyl (C=O) groups is 1. The first-order valence-corrected chi connectivity index (χ1v) is 8.15. The van der Waals surface area contributed by atoms with Crippen LogP contribution in [0.5, 0.6) is 5.75 Å². The lowest BCUT2D eigenvalue weighted by Gasteiger charge is -2.18. The molecule has 0 saturated carbocycles. The van der Waals surface area contributed by atoms with Crippen molar-refractivity contribution in [3.8, 4) is 5.75 Å². The lowest BCUT2D eigenvalue weighted by molar-refractivity contribution is -0.140. The number of hydrogen-bond donors (Lipinski definition) is 0. The van der Waals surface area contributed by atoms with Crippen molar-refractivity contribution in [2.45, 2.75) is 12.7 Å². The van der Waals surface area contributed by atoms with E-state index in [0.29, 0.717) is 6.54 Å². The van der Waals surface area contributed by atoms with Crippen LogP contribution in [-0.4, -0.2) is 24.5 Å². The van der Waals surface area contributed by atoms with Crippen LogP contribution in [0.2, 0.25) is 0 Å². The van der Waals surface area contributed by atoms with Crippen LogP contribution in [0.3, 0.4) is 0 Å². The highest BCUT2D eigenvalue weighted by molar-refractivity contribution is 9.11. The number of halogens is 4. The number of rotatable bonds is 5. The molecule has 0 bridgehead atoms. The highest BCUT2D eigenvalue weighted by Gasteiger charge is 2.34. The van der Waals surface area contributed by atoms with Crippen LogP contribution in [-0.2, 0) is 17.5 Å². The number of amides is 1. The van der Waals surface area contributed by atoms with E-state index in [1.54, 1.807) is 7.05 Å². The topological polar surface area (TPSA) is 29.5 Å². The number of carbonyl (C=O) groups excluding carboxylic acids is 1. The fourth-order valence-electron chi connectivity index (χ4n) is 1.84. The predicted molar refractivity (Wildman–Crippen MR) is 85.4 cm³/mol. The molecule has 0 aliphatic rings. The molecule has 3 nitrogen and oxygen atoms in total. The van der Waals surface area contributed by atoms with Gasteiger partial charge in [-0.2, -0.15) is 13.2 Å². The highest BCUT2D eigenvalue weighted by Crippen LogP contribution is 2.35. The van der Waals surface area contributed by atoms with Gasteiger partial charge in [0.25, 0.3) is 5.91 Å². The van der Waals surface area contributed by atoms with Crippen LogP contribution < -0.4 is 4.74 Å². The monoisotopic (exact) mass is 407 g/mol. The standard InChI is InChI=1S/C15H13BrF3NO2S/c1-20(8-10-6-7-13(16)23-10)14(21)9-22-12-5-3-2-4-11(12)15(17,18)19/h2-7H,8-9H2,1H3. The van der Waals surface area contributed by atoms with Gasteiger partial charge in [-0.1, -0.05) is 12.1 Å². The Bertz CT molecular complexity index is 687. The van der Waals surface area contributed by atoms with Crippen LogP contribution >= 0.6 is 27.3 Å². The minimum Gasteiger partial charge on any atom is -0.483 e. The summed E-state index contributed by atoms with van der Waals surface area (Å²) in [5.74, 6) is -0.743. The van der Waals surface area contributed by atoms with E-state index in [1.807, 2.05) is 12.1 Å². The van der Waals surface area contributed by atoms with Gasteiger partial charge in [0.05, 0.1) is 15.9 Å². The number of benzene rings is 1. The Morgan fingerprint density at radius 2 is 1.96 bits per heavy atom. The molecule has 0 aliphatic heterocycles. The second kappa shape index (κ2) is 7.35. The Labute approximate surface area is 143 Å². The van der Waals surface area contributed by atoms with E-state index in [9.17, 15) is 18.0 Å². The summed E-state index contributed by atoms with van der Waals surface area (Å²) in [7, 11) is 1.58. The van der Waals surface area contributed by atoms with Crippen molar-refractivity contribution in [2.75, 3.05) is 13.7 Å². The lowest BCUT2D eigenvalue weighted by atomic mass is 10.2. The number of nitrogens with zero attached hydrogens (tertiary/aromatic N) is 1. The zero-order valence-corrected chi connectivity index (χ0v) is 14.5. The Kier molecular flexibility index (Phi) is 5.69. The first-order chi connectivity index (χ1) is 10.8. The van der Waals surface area contributed by atoms with Crippen molar-refractivity contribution in [2.24, 2.45) is 0 Å². The van der Waals surface area contributed by atoms with Crippen molar-refractivity contribution in [3.05, 3.63) is 50.6 Å². The number of alkyl halides is 3. The molecule has 8 heteroatoms. The zero-order chi connectivity index (χ0) is 17.0. The van der Waals surface area contributed by atoms with Crippen molar-refractivity contribution in [1.29, 1.82) is 0 Å². The summed E-state index contributed by atoms with van der Waals surface area (Å²) < 4.78 is 44.5. The SMILES string of the molecule is CN(Cc1ccc(Br)s1)C(=O)COc1ccccc1C(F)(F)F. The Hall–Kier alpha value is -1.54. The van der Waals surface area contributed by atoms with Gasteiger partial charge in [-0.15, -0.1) is 11.3 Å². The van der Waals surface area contributed by atoms with Crippen molar-refractivity contribution < 1.29 is 22.7 Å². The molecule has 0 radical (unpaired) electrons. The van der Waals surface area contributed by atoms with Gasteiger partial charge in [-0.05, 0) is 40.2 Å². The molecular formula is C15H13BrF3NO2S. The average molecular weight is 408 g/mol. The number of thiophene rings is 1. The van der Waals surface area contributed by atoms with Crippen molar-refractivity contribution in [1.82, 2.24) is 4.90 Å². The first kappa shape index (κ1) is 17.8. The van der Waals surface area contributed by atoms with Gasteiger partial charge in [-0.3, -0.25) is 4.79 Å². The van der Waals surface area contributed by atoms with Gasteiger partial charge in [0.1, 0.15) is 5.75 Å². The summed E-state index contributed by atoms with van der Waals surface area (Å²) in [6.07, 6.45) is -4.52. The highest BCUT2D eigenvalue weighted by atomic mass is 79.9. The number of ether oxygens (including phenoxy) is 1. The molecule has 0 atom stereocenters. The molecule has 0 N–H and O–H groups in total. The van der Waals surface area contributed by atoms with Gasteiger partial charge in [0, 0.05) is 11.9 Å². The molecule has 0 saturated heterocycles. The summed E-state index contributed by atoms with van der Waals surface area (Å²) >= 11 is 4.82. The van der Waals surface area contributed by atoms with E-state index >= 15 is 0 Å². The van der Waals surface area contributed by atoms with E-state index in [1.165, 1.54) is 34.4 Å². The summed E-state index contributed by atoms with van der Waals surface area (Å²) in [5, 5.41) is 0. The second-order valence-electron chi connectivity index (χ2n) is 4.74. The Morgan fingerprint density at radius 1 is 1.26 bits per heavy atom. The fraction of sp³-hybridized carbons (Fsp3) is 0.267. The molecule has 1 heterocycles. The van der Waals surface area contributed by atoms with E-state index in [0.717, 1.165) is 14.7 Å². The molecule has 0 spiro atoms. The van der Waals surface area contributed by atoms with Gasteiger partial charge in [0.15, 0.2) is 6.61 Å². The molecule has 2 rings (SSSR count). The van der Waals surface area contributed by atoms with Crippen LogP contribution in [0.1, 0.15) is 10.4 Å². The third-order valence-electron chi connectivity index (χ3n) is 2.99. The molecule has 1 aromatic heterocycles. The largest absolute Gasteiger partial charge is 0.483 e. The number of hydrogen-bond acceptors (Lipinski definition) is 3. The average Bonchev–Trinajstić information content (AvgIpc) is 2.89. The van der Waals surface area contributed by atoms with Gasteiger partial charge < -0.3 is 9.64 Å². The Morgan fingerprint density at radius 3 is 2.57 bits per heavy atom. The quantitative estimate of drug-likeness (QED) is 0.726. The molecule has 1 aromatic carbocycles. The van der Waals surface area contributed by atoms with E-state index in [4.69, 9.17) is 4.74 Å². The molecule has 2 aromatic rings. The van der Waals surface area contributed by atoms with Gasteiger partial charge >= 0.3 is 6.18 Å². The first-order valence-electron chi connectivity index (χ1n) is 6.54. The van der Waals surface area contributed by atoms with E-state index in [2.05, 4.69) is 15.9 Å². The smallest absolute Gasteiger partial charge is 0.419 e. The zero-order valence-electron chi connectivity index (χ0n) is 12.1. The summed E-state index contributed by atoms with van der Waals surface area (Å²) in [4.78, 5) is 14.4. The molecule has 124 valence electrons. The molecule has 0 fully saturated rings. The molecular weight excluding hydrogens is 395 g/mol. The normalized spacial score (nSPS) is 11.3. The maximum Gasteiger partial charge on any atom is 0.419 e. The number of para-hydroxylation sites is 1. The van der Waals surface area contributed by atoms with Crippen molar-refractivity contribution in [3.63, 3.8) is 0 Å². The van der Waals surface area contributed by atoms with Crippen LogP contribution in [0.15, 0.2) is 40.2 Å². The Balaban J connectivity index is 1.97.